The Morgan fingerprint density at radius 3 is 2.48 bits per heavy atom. The topological polar surface area (TPSA) is 74.6 Å². The zero-order valence-electron chi connectivity index (χ0n) is 12.7. The number of allylic oxidation sites excluding steroid dienone is 3. The van der Waals surface area contributed by atoms with Crippen LogP contribution in [0.15, 0.2) is 34.9 Å². The van der Waals surface area contributed by atoms with E-state index in [1.54, 1.807) is 27.7 Å². The molecule has 1 atom stereocenters. The lowest BCUT2D eigenvalue weighted by Crippen LogP contribution is -2.49. The van der Waals surface area contributed by atoms with Crippen molar-refractivity contribution in [3.8, 4) is 12.3 Å². The lowest BCUT2D eigenvalue weighted by molar-refractivity contribution is -0.131. The number of terminal acetylenes is 1. The fraction of sp³-hybridized carbons (Fsp3) is 0.412. The van der Waals surface area contributed by atoms with Gasteiger partial charge in [0.1, 0.15) is 5.60 Å². The van der Waals surface area contributed by atoms with Gasteiger partial charge in [0.2, 0.25) is 0 Å². The van der Waals surface area contributed by atoms with Gasteiger partial charge in [0.15, 0.2) is 5.78 Å². The highest BCUT2D eigenvalue weighted by atomic mass is 16.4. The van der Waals surface area contributed by atoms with Crippen molar-refractivity contribution < 1.29 is 19.8 Å². The van der Waals surface area contributed by atoms with Crippen molar-refractivity contribution in [1.82, 2.24) is 0 Å². The number of carboxylic acids is 1. The first-order chi connectivity index (χ1) is 9.55. The third-order valence-electron chi connectivity index (χ3n) is 3.94. The van der Waals surface area contributed by atoms with Crippen LogP contribution in [0.3, 0.4) is 0 Å². The van der Waals surface area contributed by atoms with Gasteiger partial charge in [-0.25, -0.2) is 4.79 Å². The van der Waals surface area contributed by atoms with Crippen LogP contribution in [0.4, 0.5) is 0 Å². The molecule has 0 bridgehead atoms. The van der Waals surface area contributed by atoms with Crippen molar-refractivity contribution in [3.63, 3.8) is 0 Å². The Morgan fingerprint density at radius 2 is 2.00 bits per heavy atom. The summed E-state index contributed by atoms with van der Waals surface area (Å²) < 4.78 is 0. The smallest absolute Gasteiger partial charge is 0.328 e. The Labute approximate surface area is 124 Å². The van der Waals surface area contributed by atoms with E-state index in [-0.39, 0.29) is 17.8 Å². The van der Waals surface area contributed by atoms with E-state index >= 15 is 0 Å². The lowest BCUT2D eigenvalue weighted by Gasteiger charge is -2.45. The number of Topliss-reactive ketones (excluding diaryl/α,β-unsaturated/α-hetero) is 1. The predicted molar refractivity (Wildman–Crippen MR) is 80.4 cm³/mol. The van der Waals surface area contributed by atoms with Crippen LogP contribution in [0.5, 0.6) is 0 Å². The van der Waals surface area contributed by atoms with Gasteiger partial charge in [-0.15, -0.1) is 6.42 Å². The highest BCUT2D eigenvalue weighted by Gasteiger charge is 2.49. The Bertz CT molecular complexity index is 611. The summed E-state index contributed by atoms with van der Waals surface area (Å²) in [7, 11) is 0. The zero-order chi connectivity index (χ0) is 16.4. The summed E-state index contributed by atoms with van der Waals surface area (Å²) in [5, 5.41) is 19.7. The van der Waals surface area contributed by atoms with E-state index in [9.17, 15) is 14.7 Å². The Balaban J connectivity index is 3.38. The van der Waals surface area contributed by atoms with Crippen molar-refractivity contribution >= 4 is 11.8 Å². The van der Waals surface area contributed by atoms with Crippen LogP contribution >= 0.6 is 0 Å². The van der Waals surface area contributed by atoms with Gasteiger partial charge in [-0.2, -0.15) is 0 Å². The predicted octanol–water partition coefficient (Wildman–Crippen LogP) is 2.25. The summed E-state index contributed by atoms with van der Waals surface area (Å²) in [6.45, 7) is 6.81. The maximum Gasteiger partial charge on any atom is 0.328 e. The molecule has 4 nitrogen and oxygen atoms in total. The molecule has 21 heavy (non-hydrogen) atoms. The Hall–Kier alpha value is -2.12. The Kier molecular flexibility index (Phi) is 4.60. The van der Waals surface area contributed by atoms with Gasteiger partial charge >= 0.3 is 5.97 Å². The molecule has 1 rings (SSSR count). The average Bonchev–Trinajstić information content (AvgIpc) is 2.33. The van der Waals surface area contributed by atoms with Crippen molar-refractivity contribution in [2.75, 3.05) is 0 Å². The molecule has 0 fully saturated rings. The summed E-state index contributed by atoms with van der Waals surface area (Å²) in [5.74, 6) is 1.13. The molecular weight excluding hydrogens is 268 g/mol. The SMILES string of the molecule is C#CC1=C(C)[C@](O)(/C=C/C(C)=C\C(=O)O)C(C)(C)CC1=O. The molecule has 0 unspecified atom stereocenters. The third-order valence-corrected chi connectivity index (χ3v) is 3.94. The number of ketones is 1. The fourth-order valence-corrected chi connectivity index (χ4v) is 2.57. The van der Waals surface area contributed by atoms with Gasteiger partial charge in [-0.3, -0.25) is 4.79 Å². The highest BCUT2D eigenvalue weighted by Crippen LogP contribution is 2.46. The normalized spacial score (nSPS) is 26.1. The van der Waals surface area contributed by atoms with Crippen molar-refractivity contribution in [2.45, 2.75) is 39.7 Å². The summed E-state index contributed by atoms with van der Waals surface area (Å²) in [5.41, 5.74) is -1.02. The van der Waals surface area contributed by atoms with Crippen LogP contribution in [-0.2, 0) is 9.59 Å². The van der Waals surface area contributed by atoms with Gasteiger partial charge in [-0.05, 0) is 31.1 Å². The number of carbonyl (C=O) groups excluding carboxylic acids is 1. The number of hydrogen-bond acceptors (Lipinski definition) is 3. The van der Waals surface area contributed by atoms with Gasteiger partial charge < -0.3 is 10.2 Å². The lowest BCUT2D eigenvalue weighted by atomic mass is 9.62. The standard InChI is InChI=1S/C17H20O4/c1-6-13-12(3)17(21,16(4,5)10-14(13)18)8-7-11(2)9-15(19)20/h1,7-9,21H,10H2,2-5H3,(H,19,20)/b8-7+,11-9-/t17-/m1/s1. The number of aliphatic hydroxyl groups is 1. The van der Waals surface area contributed by atoms with Crippen molar-refractivity contribution in [3.05, 3.63) is 34.9 Å². The zero-order valence-corrected chi connectivity index (χ0v) is 12.7. The van der Waals surface area contributed by atoms with Gasteiger partial charge in [-0.1, -0.05) is 25.8 Å². The summed E-state index contributed by atoms with van der Waals surface area (Å²) in [4.78, 5) is 22.6. The largest absolute Gasteiger partial charge is 0.478 e. The van der Waals surface area contributed by atoms with Crippen LogP contribution in [0, 0.1) is 17.8 Å². The molecule has 4 heteroatoms. The number of hydrogen-bond donors (Lipinski definition) is 2. The molecule has 112 valence electrons. The first-order valence-electron chi connectivity index (χ1n) is 6.59. The number of carboxylic acid groups (broad SMARTS) is 1. The van der Waals surface area contributed by atoms with E-state index in [1.807, 2.05) is 0 Å². The molecule has 0 heterocycles. The van der Waals surface area contributed by atoms with E-state index in [0.29, 0.717) is 11.1 Å². The molecule has 0 amide bonds. The molecule has 1 aliphatic carbocycles. The van der Waals surface area contributed by atoms with Gasteiger partial charge in [0, 0.05) is 17.9 Å². The molecular formula is C17H20O4. The third kappa shape index (κ3) is 3.14. The summed E-state index contributed by atoms with van der Waals surface area (Å²) in [6.07, 6.45) is 9.58. The van der Waals surface area contributed by atoms with Crippen LogP contribution in [0.2, 0.25) is 0 Å². The molecule has 0 saturated heterocycles. The molecule has 1 aliphatic rings. The van der Waals surface area contributed by atoms with Crippen LogP contribution < -0.4 is 0 Å². The number of carbonyl (C=O) groups is 2. The molecule has 0 aromatic carbocycles. The van der Waals surface area contributed by atoms with E-state index in [2.05, 4.69) is 5.92 Å². The molecule has 2 N–H and O–H groups in total. The summed E-state index contributed by atoms with van der Waals surface area (Å²) >= 11 is 0. The first kappa shape index (κ1) is 16.9. The highest BCUT2D eigenvalue weighted by molar-refractivity contribution is 6.02. The van der Waals surface area contributed by atoms with Crippen LogP contribution in [0.1, 0.15) is 34.1 Å². The number of rotatable bonds is 3. The first-order valence-corrected chi connectivity index (χ1v) is 6.59. The molecule has 0 spiro atoms. The minimum absolute atomic E-state index is 0.131. The van der Waals surface area contributed by atoms with E-state index < -0.39 is 17.0 Å². The summed E-state index contributed by atoms with van der Waals surface area (Å²) in [6, 6.07) is 0. The molecule has 0 saturated carbocycles. The minimum Gasteiger partial charge on any atom is -0.478 e. The second kappa shape index (κ2) is 5.71. The second-order valence-corrected chi connectivity index (χ2v) is 5.95. The van der Waals surface area contributed by atoms with E-state index in [1.165, 1.54) is 12.2 Å². The maximum absolute atomic E-state index is 12.0. The maximum atomic E-state index is 12.0. The minimum atomic E-state index is -1.39. The second-order valence-electron chi connectivity index (χ2n) is 5.95. The van der Waals surface area contributed by atoms with Crippen molar-refractivity contribution in [2.24, 2.45) is 5.41 Å². The van der Waals surface area contributed by atoms with Crippen LogP contribution in [0.25, 0.3) is 0 Å². The van der Waals surface area contributed by atoms with Crippen molar-refractivity contribution in [1.29, 1.82) is 0 Å². The molecule has 0 aliphatic heterocycles. The molecule has 0 radical (unpaired) electrons. The Morgan fingerprint density at radius 1 is 1.43 bits per heavy atom. The van der Waals surface area contributed by atoms with E-state index in [4.69, 9.17) is 11.5 Å². The number of aliphatic carboxylic acids is 1. The van der Waals surface area contributed by atoms with Gasteiger partial charge in [0.05, 0.1) is 5.57 Å². The van der Waals surface area contributed by atoms with Crippen LogP contribution in [-0.4, -0.2) is 27.6 Å². The monoisotopic (exact) mass is 288 g/mol. The fourth-order valence-electron chi connectivity index (χ4n) is 2.57. The average molecular weight is 288 g/mol. The van der Waals surface area contributed by atoms with Gasteiger partial charge in [0.25, 0.3) is 0 Å². The van der Waals surface area contributed by atoms with E-state index in [0.717, 1.165) is 6.08 Å². The molecule has 0 aromatic rings. The molecule has 0 aromatic heterocycles. The quantitative estimate of drug-likeness (QED) is 0.474.